The van der Waals surface area contributed by atoms with Crippen LogP contribution in [0.25, 0.3) is 11.0 Å². The number of amides is 1. The van der Waals surface area contributed by atoms with E-state index in [0.717, 1.165) is 29.7 Å². The number of nitro groups is 1. The molecule has 2 aromatic heterocycles. The molecular weight excluding hydrogens is 348 g/mol. The lowest BCUT2D eigenvalue weighted by Gasteiger charge is -2.23. The van der Waals surface area contributed by atoms with Gasteiger partial charge in [0.15, 0.2) is 0 Å². The van der Waals surface area contributed by atoms with Gasteiger partial charge in [-0.2, -0.15) is 5.10 Å². The Morgan fingerprint density at radius 3 is 2.85 bits per heavy atom. The number of carbonyl (C=O) groups is 1. The molecule has 1 amide bonds. The van der Waals surface area contributed by atoms with Crippen LogP contribution in [0.15, 0.2) is 24.3 Å². The van der Waals surface area contributed by atoms with Crippen molar-refractivity contribution in [3.63, 3.8) is 0 Å². The van der Waals surface area contributed by atoms with E-state index in [1.54, 1.807) is 18.7 Å². The molecule has 27 heavy (non-hydrogen) atoms. The number of carbonyl (C=O) groups excluding carboxylic acids is 1. The van der Waals surface area contributed by atoms with Gasteiger partial charge < -0.3 is 9.88 Å². The highest BCUT2D eigenvalue weighted by Crippen LogP contribution is 2.32. The number of rotatable bonds is 4. The highest BCUT2D eigenvalue weighted by Gasteiger charge is 2.33. The van der Waals surface area contributed by atoms with Crippen LogP contribution in [0.2, 0.25) is 0 Å². The average molecular weight is 368 g/mol. The Hall–Kier alpha value is -3.23. The molecule has 1 aromatic carbocycles. The van der Waals surface area contributed by atoms with E-state index in [9.17, 15) is 14.9 Å². The van der Waals surface area contributed by atoms with Crippen LogP contribution >= 0.6 is 0 Å². The second-order valence-electron chi connectivity index (χ2n) is 6.82. The zero-order valence-corrected chi connectivity index (χ0v) is 15.2. The van der Waals surface area contributed by atoms with Crippen LogP contribution in [0.3, 0.4) is 0 Å². The van der Waals surface area contributed by atoms with E-state index in [4.69, 9.17) is 0 Å². The third-order valence-electron chi connectivity index (χ3n) is 5.11. The summed E-state index contributed by atoms with van der Waals surface area (Å²) in [6, 6.07) is 7.66. The van der Waals surface area contributed by atoms with Gasteiger partial charge in [-0.25, -0.2) is 4.98 Å². The quantitative estimate of drug-likeness (QED) is 0.562. The zero-order chi connectivity index (χ0) is 19.1. The first-order valence-electron chi connectivity index (χ1n) is 8.88. The highest BCUT2D eigenvalue weighted by molar-refractivity contribution is 5.78. The topological polar surface area (TPSA) is 110 Å². The van der Waals surface area contributed by atoms with E-state index in [1.807, 2.05) is 24.3 Å². The monoisotopic (exact) mass is 368 g/mol. The molecule has 0 bridgehead atoms. The molecule has 1 unspecified atom stereocenters. The first kappa shape index (κ1) is 17.2. The molecule has 0 radical (unpaired) electrons. The second kappa shape index (κ2) is 6.49. The summed E-state index contributed by atoms with van der Waals surface area (Å²) in [5.41, 5.74) is 2.51. The smallest absolute Gasteiger partial charge is 0.312 e. The molecule has 9 heteroatoms. The summed E-state index contributed by atoms with van der Waals surface area (Å²) in [7, 11) is 0. The van der Waals surface area contributed by atoms with Crippen molar-refractivity contribution in [2.45, 2.75) is 39.3 Å². The summed E-state index contributed by atoms with van der Waals surface area (Å²) < 4.78 is 1.42. The van der Waals surface area contributed by atoms with E-state index < -0.39 is 4.92 Å². The predicted octanol–water partition coefficient (Wildman–Crippen LogP) is 2.65. The van der Waals surface area contributed by atoms with E-state index >= 15 is 0 Å². The van der Waals surface area contributed by atoms with Gasteiger partial charge in [0.05, 0.1) is 22.0 Å². The van der Waals surface area contributed by atoms with Gasteiger partial charge >= 0.3 is 5.69 Å². The van der Waals surface area contributed by atoms with Crippen LogP contribution in [-0.2, 0) is 11.3 Å². The van der Waals surface area contributed by atoms with Crippen molar-refractivity contribution in [2.75, 3.05) is 6.54 Å². The minimum Gasteiger partial charge on any atom is -0.340 e. The van der Waals surface area contributed by atoms with Gasteiger partial charge in [-0.1, -0.05) is 12.1 Å². The molecule has 9 nitrogen and oxygen atoms in total. The third kappa shape index (κ3) is 2.94. The first-order chi connectivity index (χ1) is 13.0. The van der Waals surface area contributed by atoms with Crippen molar-refractivity contribution in [3.05, 3.63) is 51.6 Å². The fraction of sp³-hybridized carbons (Fsp3) is 0.389. The first-order valence-corrected chi connectivity index (χ1v) is 8.88. The van der Waals surface area contributed by atoms with Crippen molar-refractivity contribution in [2.24, 2.45) is 0 Å². The Bertz CT molecular complexity index is 1000. The van der Waals surface area contributed by atoms with E-state index in [0.29, 0.717) is 17.9 Å². The largest absolute Gasteiger partial charge is 0.340 e. The lowest BCUT2D eigenvalue weighted by atomic mass is 10.2. The van der Waals surface area contributed by atoms with Gasteiger partial charge in [-0.3, -0.25) is 19.6 Å². The Labute approximate surface area is 155 Å². The van der Waals surface area contributed by atoms with Gasteiger partial charge in [0.1, 0.15) is 23.8 Å². The number of nitrogens with zero attached hydrogens (tertiary/aromatic N) is 5. The molecule has 1 aliphatic rings. The minimum absolute atomic E-state index is 0.0166. The summed E-state index contributed by atoms with van der Waals surface area (Å²) in [5, 5.41) is 15.3. The molecule has 1 aliphatic heterocycles. The van der Waals surface area contributed by atoms with Crippen molar-refractivity contribution in [3.8, 4) is 0 Å². The van der Waals surface area contributed by atoms with Crippen molar-refractivity contribution in [1.82, 2.24) is 24.6 Å². The highest BCUT2D eigenvalue weighted by atomic mass is 16.6. The zero-order valence-electron chi connectivity index (χ0n) is 15.2. The molecule has 4 rings (SSSR count). The number of aromatic amines is 1. The molecular formula is C18H20N6O3. The number of H-pyrrole nitrogens is 1. The summed E-state index contributed by atoms with van der Waals surface area (Å²) in [6.07, 6.45) is 1.73. The number of nitrogens with one attached hydrogen (secondary N) is 1. The van der Waals surface area contributed by atoms with Crippen LogP contribution in [0, 0.1) is 24.0 Å². The Morgan fingerprint density at radius 2 is 2.15 bits per heavy atom. The normalized spacial score (nSPS) is 17.0. The molecule has 3 aromatic rings. The molecule has 0 saturated carbocycles. The third-order valence-corrected chi connectivity index (χ3v) is 5.11. The maximum atomic E-state index is 12.9. The molecule has 1 saturated heterocycles. The van der Waals surface area contributed by atoms with Gasteiger partial charge in [0.2, 0.25) is 5.91 Å². The van der Waals surface area contributed by atoms with Gasteiger partial charge in [-0.15, -0.1) is 0 Å². The Morgan fingerprint density at radius 1 is 1.37 bits per heavy atom. The minimum atomic E-state index is -0.453. The summed E-state index contributed by atoms with van der Waals surface area (Å²) in [6.45, 7) is 3.82. The Kier molecular flexibility index (Phi) is 4.14. The number of benzene rings is 1. The fourth-order valence-electron chi connectivity index (χ4n) is 3.80. The average Bonchev–Trinajstić information content (AvgIpc) is 3.32. The molecule has 1 atom stereocenters. The van der Waals surface area contributed by atoms with Gasteiger partial charge in [0.25, 0.3) is 0 Å². The van der Waals surface area contributed by atoms with Crippen LogP contribution in [0.1, 0.15) is 36.1 Å². The second-order valence-corrected chi connectivity index (χ2v) is 6.82. The number of likely N-dealkylation sites (tertiary alicyclic amines) is 1. The number of hydrogen-bond acceptors (Lipinski definition) is 5. The number of hydrogen-bond donors (Lipinski definition) is 1. The van der Waals surface area contributed by atoms with Crippen molar-refractivity contribution in [1.29, 1.82) is 0 Å². The molecule has 1 fully saturated rings. The van der Waals surface area contributed by atoms with Gasteiger partial charge in [0, 0.05) is 6.54 Å². The number of aryl methyl sites for hydroxylation is 1. The van der Waals surface area contributed by atoms with Crippen molar-refractivity contribution >= 4 is 22.6 Å². The predicted molar refractivity (Wildman–Crippen MR) is 98.1 cm³/mol. The summed E-state index contributed by atoms with van der Waals surface area (Å²) >= 11 is 0. The molecule has 3 heterocycles. The molecule has 0 aliphatic carbocycles. The fourth-order valence-corrected chi connectivity index (χ4v) is 3.80. The number of imidazole rings is 1. The van der Waals surface area contributed by atoms with Crippen LogP contribution < -0.4 is 0 Å². The van der Waals surface area contributed by atoms with Gasteiger partial charge in [-0.05, 0) is 38.8 Å². The standard InChI is InChI=1S/C18H20N6O3/c1-11-17(24(26)27)12(2)23(21-11)10-16(25)22-9-5-8-15(22)18-19-13-6-3-4-7-14(13)20-18/h3-4,6-7,15H,5,8-10H2,1-2H3,(H,19,20). The lowest BCUT2D eigenvalue weighted by molar-refractivity contribution is -0.386. The van der Waals surface area contributed by atoms with Crippen LogP contribution in [0.4, 0.5) is 5.69 Å². The lowest BCUT2D eigenvalue weighted by Crippen LogP contribution is -2.34. The number of fused-ring (bicyclic) bond motifs is 1. The number of para-hydroxylation sites is 2. The van der Waals surface area contributed by atoms with Crippen molar-refractivity contribution < 1.29 is 9.72 Å². The van der Waals surface area contributed by atoms with Crippen LogP contribution in [-0.4, -0.2) is 42.0 Å². The molecule has 140 valence electrons. The summed E-state index contributed by atoms with van der Waals surface area (Å²) in [4.78, 5) is 33.4. The Balaban J connectivity index is 1.58. The SMILES string of the molecule is Cc1nn(CC(=O)N2CCCC2c2nc3ccccc3[nH]2)c(C)c1[N+](=O)[O-]. The summed E-state index contributed by atoms with van der Waals surface area (Å²) in [5.74, 6) is 0.667. The maximum absolute atomic E-state index is 12.9. The maximum Gasteiger partial charge on any atom is 0.312 e. The number of aromatic nitrogens is 4. The van der Waals surface area contributed by atoms with E-state index in [2.05, 4.69) is 15.1 Å². The molecule has 0 spiro atoms. The van der Waals surface area contributed by atoms with E-state index in [1.165, 1.54) is 4.68 Å². The van der Waals surface area contributed by atoms with Crippen LogP contribution in [0.5, 0.6) is 0 Å². The van der Waals surface area contributed by atoms with E-state index in [-0.39, 0.29) is 24.2 Å². The molecule has 1 N–H and O–H groups in total.